The Kier molecular flexibility index (Phi) is 5.64. The molecule has 0 aromatic heterocycles. The minimum absolute atomic E-state index is 0.0493. The lowest BCUT2D eigenvalue weighted by Crippen LogP contribution is -2.01. The smallest absolute Gasteiger partial charge is 0.168 e. The van der Waals surface area contributed by atoms with Crippen LogP contribution < -0.4 is 0 Å². The summed E-state index contributed by atoms with van der Waals surface area (Å²) in [6, 6.07) is 7.13. The molecule has 3 heteroatoms. The van der Waals surface area contributed by atoms with Crippen LogP contribution in [0.5, 0.6) is 0 Å². The second kappa shape index (κ2) is 7.02. The highest BCUT2D eigenvalue weighted by atomic mass is 35.5. The number of allylic oxidation sites excluding steroid dienone is 2. The molecule has 0 amide bonds. The van der Waals surface area contributed by atoms with Crippen LogP contribution in [-0.4, -0.2) is 19.0 Å². The molecule has 0 saturated heterocycles. The van der Waals surface area contributed by atoms with Crippen molar-refractivity contribution in [2.24, 2.45) is 4.99 Å². The number of ketones is 1. The molecule has 0 bridgehead atoms. The minimum atomic E-state index is 0.0493. The van der Waals surface area contributed by atoms with Gasteiger partial charge in [-0.3, -0.25) is 9.79 Å². The molecule has 1 rings (SSSR count). The van der Waals surface area contributed by atoms with Gasteiger partial charge in [0.2, 0.25) is 0 Å². The van der Waals surface area contributed by atoms with Crippen molar-refractivity contribution in [1.29, 1.82) is 0 Å². The predicted molar refractivity (Wildman–Crippen MR) is 73.2 cm³/mol. The van der Waals surface area contributed by atoms with Crippen LogP contribution in [0.2, 0.25) is 5.02 Å². The van der Waals surface area contributed by atoms with Crippen molar-refractivity contribution in [3.63, 3.8) is 0 Å². The Hall–Kier alpha value is -1.41. The van der Waals surface area contributed by atoms with Gasteiger partial charge in [-0.25, -0.2) is 0 Å². The van der Waals surface area contributed by atoms with Gasteiger partial charge in [-0.1, -0.05) is 36.2 Å². The first-order valence-corrected chi connectivity index (χ1v) is 5.94. The average Bonchev–Trinajstić information content (AvgIpc) is 2.34. The number of hydrogen-bond donors (Lipinski definition) is 0. The maximum atomic E-state index is 12.0. The van der Waals surface area contributed by atoms with Gasteiger partial charge < -0.3 is 0 Å². The van der Waals surface area contributed by atoms with Gasteiger partial charge in [0.05, 0.1) is 5.02 Å². The molecule has 1 aromatic carbocycles. The molecule has 0 radical (unpaired) electrons. The second-order valence-corrected chi connectivity index (χ2v) is 4.07. The molecule has 0 heterocycles. The van der Waals surface area contributed by atoms with Gasteiger partial charge >= 0.3 is 0 Å². The fourth-order valence-corrected chi connectivity index (χ4v) is 1.71. The highest BCUT2D eigenvalue weighted by Crippen LogP contribution is 2.19. The number of aliphatic imine (C=N–C) groups is 1. The first-order valence-electron chi connectivity index (χ1n) is 5.57. The van der Waals surface area contributed by atoms with E-state index in [1.807, 2.05) is 25.1 Å². The first kappa shape index (κ1) is 13.7. The molecule has 0 spiro atoms. The van der Waals surface area contributed by atoms with Crippen LogP contribution in [0.4, 0.5) is 0 Å². The number of hydrogen-bond acceptors (Lipinski definition) is 2. The summed E-state index contributed by atoms with van der Waals surface area (Å²) in [5, 5.41) is 0.511. The Morgan fingerprint density at radius 3 is 2.71 bits per heavy atom. The molecule has 0 saturated carbocycles. The van der Waals surface area contributed by atoms with Gasteiger partial charge in [0.15, 0.2) is 5.78 Å². The molecule has 0 fully saturated rings. The number of rotatable bonds is 5. The summed E-state index contributed by atoms with van der Waals surface area (Å²) < 4.78 is 0. The highest BCUT2D eigenvalue weighted by Gasteiger charge is 2.10. The molecule has 17 heavy (non-hydrogen) atoms. The maximum Gasteiger partial charge on any atom is 0.168 e. The summed E-state index contributed by atoms with van der Waals surface area (Å²) >= 11 is 5.98. The topological polar surface area (TPSA) is 29.4 Å². The molecule has 0 N–H and O–H groups in total. The van der Waals surface area contributed by atoms with Crippen molar-refractivity contribution in [1.82, 2.24) is 0 Å². The fraction of sp³-hybridized carbons (Fsp3) is 0.286. The van der Waals surface area contributed by atoms with E-state index >= 15 is 0 Å². The van der Waals surface area contributed by atoms with E-state index in [1.165, 1.54) is 0 Å². The number of Topliss-reactive ketones (excluding diaryl/α,β-unsaturated/α-hetero) is 1. The predicted octanol–water partition coefficient (Wildman–Crippen LogP) is 3.95. The van der Waals surface area contributed by atoms with Crippen molar-refractivity contribution < 1.29 is 4.79 Å². The maximum absolute atomic E-state index is 12.0. The zero-order chi connectivity index (χ0) is 12.7. The van der Waals surface area contributed by atoms with Crippen molar-refractivity contribution in [2.45, 2.75) is 19.8 Å². The van der Waals surface area contributed by atoms with Gasteiger partial charge in [-0.2, -0.15) is 0 Å². The summed E-state index contributed by atoms with van der Waals surface area (Å²) in [6.07, 6.45) is 4.82. The molecule has 90 valence electrons. The van der Waals surface area contributed by atoms with Gasteiger partial charge in [-0.05, 0) is 24.6 Å². The summed E-state index contributed by atoms with van der Waals surface area (Å²) in [4.78, 5) is 15.9. The zero-order valence-electron chi connectivity index (χ0n) is 10.1. The van der Waals surface area contributed by atoms with Gasteiger partial charge in [0.1, 0.15) is 0 Å². The number of nitrogens with zero attached hydrogens (tertiary/aromatic N) is 1. The number of halogens is 1. The minimum Gasteiger partial charge on any atom is -0.297 e. The third-order valence-corrected chi connectivity index (χ3v) is 2.80. The van der Waals surface area contributed by atoms with Gasteiger partial charge in [0.25, 0.3) is 0 Å². The fourth-order valence-electron chi connectivity index (χ4n) is 1.47. The number of benzene rings is 1. The zero-order valence-corrected chi connectivity index (χ0v) is 10.9. The van der Waals surface area contributed by atoms with E-state index in [2.05, 4.69) is 4.99 Å². The quantitative estimate of drug-likeness (QED) is 0.574. The standard InChI is InChI=1S/C14H16ClNO/c1-3-11(8-9-16-2)10-14(17)12-6-4-5-7-13(12)15/h4-9H,3,10H2,1-2H3/b11-8+,16-9?. The van der Waals surface area contributed by atoms with Crippen LogP contribution in [0.25, 0.3) is 0 Å². The van der Waals surface area contributed by atoms with Crippen LogP contribution in [0.3, 0.4) is 0 Å². The lowest BCUT2D eigenvalue weighted by molar-refractivity contribution is 0.0992. The molecule has 0 aliphatic heterocycles. The Bertz CT molecular complexity index is 449. The Morgan fingerprint density at radius 2 is 2.12 bits per heavy atom. The summed E-state index contributed by atoms with van der Waals surface area (Å²) in [6.45, 7) is 2.02. The molecule has 0 unspecified atom stereocenters. The summed E-state index contributed by atoms with van der Waals surface area (Å²) in [5.41, 5.74) is 1.64. The number of carbonyl (C=O) groups is 1. The lowest BCUT2D eigenvalue weighted by atomic mass is 10.0. The SMILES string of the molecule is CC/C(=C\C=NC)CC(=O)c1ccccc1Cl. The van der Waals surface area contributed by atoms with E-state index in [9.17, 15) is 4.79 Å². The summed E-state index contributed by atoms with van der Waals surface area (Å²) in [7, 11) is 1.71. The molecule has 1 aromatic rings. The Labute approximate surface area is 107 Å². The van der Waals surface area contributed by atoms with E-state index < -0.39 is 0 Å². The van der Waals surface area contributed by atoms with E-state index in [4.69, 9.17) is 11.6 Å². The second-order valence-electron chi connectivity index (χ2n) is 3.67. The van der Waals surface area contributed by atoms with E-state index in [1.54, 1.807) is 25.4 Å². The van der Waals surface area contributed by atoms with Crippen LogP contribution in [0, 0.1) is 0 Å². The molecule has 0 aliphatic carbocycles. The largest absolute Gasteiger partial charge is 0.297 e. The molecule has 2 nitrogen and oxygen atoms in total. The van der Waals surface area contributed by atoms with Gasteiger partial charge in [0, 0.05) is 25.2 Å². The first-order chi connectivity index (χ1) is 8.19. The monoisotopic (exact) mass is 249 g/mol. The van der Waals surface area contributed by atoms with E-state index in [0.29, 0.717) is 17.0 Å². The average molecular weight is 250 g/mol. The van der Waals surface area contributed by atoms with Crippen molar-refractivity contribution in [3.05, 3.63) is 46.5 Å². The van der Waals surface area contributed by atoms with Gasteiger partial charge in [-0.15, -0.1) is 0 Å². The lowest BCUT2D eigenvalue weighted by Gasteiger charge is -2.05. The Balaban J connectivity index is 2.82. The van der Waals surface area contributed by atoms with Crippen LogP contribution in [0.1, 0.15) is 30.1 Å². The van der Waals surface area contributed by atoms with Crippen LogP contribution >= 0.6 is 11.6 Å². The summed E-state index contributed by atoms with van der Waals surface area (Å²) in [5.74, 6) is 0.0493. The molecular weight excluding hydrogens is 234 g/mol. The van der Waals surface area contributed by atoms with Crippen LogP contribution in [-0.2, 0) is 0 Å². The van der Waals surface area contributed by atoms with E-state index in [0.717, 1.165) is 12.0 Å². The van der Waals surface area contributed by atoms with Crippen molar-refractivity contribution in [3.8, 4) is 0 Å². The highest BCUT2D eigenvalue weighted by molar-refractivity contribution is 6.34. The molecular formula is C14H16ClNO. The van der Waals surface area contributed by atoms with E-state index in [-0.39, 0.29) is 5.78 Å². The van der Waals surface area contributed by atoms with Crippen molar-refractivity contribution in [2.75, 3.05) is 7.05 Å². The number of carbonyl (C=O) groups excluding carboxylic acids is 1. The normalized spacial score (nSPS) is 12.1. The van der Waals surface area contributed by atoms with Crippen LogP contribution in [0.15, 0.2) is 40.9 Å². The van der Waals surface area contributed by atoms with Crippen molar-refractivity contribution >= 4 is 23.6 Å². The third-order valence-electron chi connectivity index (χ3n) is 2.48. The third kappa shape index (κ3) is 4.16. The molecule has 0 atom stereocenters. The molecule has 0 aliphatic rings. The Morgan fingerprint density at radius 1 is 1.41 bits per heavy atom.